The van der Waals surface area contributed by atoms with Gasteiger partial charge in [-0.05, 0) is 47.5 Å². The summed E-state index contributed by atoms with van der Waals surface area (Å²) >= 11 is 3.24. The summed E-state index contributed by atoms with van der Waals surface area (Å²) in [6, 6.07) is 2.47. The Morgan fingerprint density at radius 3 is 2.57 bits per heavy atom. The van der Waals surface area contributed by atoms with E-state index in [0.717, 1.165) is 4.47 Å². The number of aromatic nitrogens is 1. The summed E-state index contributed by atoms with van der Waals surface area (Å²) in [5.74, 6) is 0. The first kappa shape index (κ1) is 19.5. The molecule has 0 aliphatic rings. The van der Waals surface area contributed by atoms with Crippen molar-refractivity contribution in [2.24, 2.45) is 5.11 Å². The maximum atomic E-state index is 12.6. The molecule has 8 heteroatoms. The lowest BCUT2D eigenvalue weighted by Gasteiger charge is -2.30. The summed E-state index contributed by atoms with van der Waals surface area (Å²) in [6.45, 7) is 5.71. The van der Waals surface area contributed by atoms with Crippen LogP contribution in [-0.2, 0) is 0 Å². The molecule has 4 nitrogen and oxygen atoms in total. The largest absolute Gasteiger partial charge is 0.401 e. The number of hydrogen-bond acceptors (Lipinski definition) is 4. The number of pyridine rings is 1. The fourth-order valence-corrected chi connectivity index (χ4v) is 2.23. The molecule has 0 aliphatic heterocycles. The summed E-state index contributed by atoms with van der Waals surface area (Å²) in [5, 5.41) is 5.98. The zero-order valence-electron chi connectivity index (χ0n) is 12.8. The van der Waals surface area contributed by atoms with Crippen LogP contribution in [-0.4, -0.2) is 23.2 Å². The fraction of sp³-hybridized carbons (Fsp3) is 0.400. The third-order valence-electron chi connectivity index (χ3n) is 3.15. The minimum absolute atomic E-state index is 0.405. The summed E-state index contributed by atoms with van der Waals surface area (Å²) in [6.07, 6.45) is 0.169. The topological polar surface area (TPSA) is 61.1 Å². The summed E-state index contributed by atoms with van der Waals surface area (Å²) < 4.78 is 38.6. The summed E-state index contributed by atoms with van der Waals surface area (Å²) in [7, 11) is 0. The average molecular weight is 391 g/mol. The van der Waals surface area contributed by atoms with Gasteiger partial charge in [0.2, 0.25) is 0 Å². The highest BCUT2D eigenvalue weighted by atomic mass is 79.9. The predicted molar refractivity (Wildman–Crippen MR) is 86.2 cm³/mol. The van der Waals surface area contributed by atoms with E-state index in [1.54, 1.807) is 32.1 Å². The molecule has 1 aromatic heterocycles. The highest BCUT2D eigenvalue weighted by molar-refractivity contribution is 9.10. The van der Waals surface area contributed by atoms with Crippen molar-refractivity contribution in [3.63, 3.8) is 0 Å². The van der Waals surface area contributed by atoms with Gasteiger partial charge in [-0.1, -0.05) is 18.7 Å². The average Bonchev–Trinajstić information content (AvgIpc) is 2.46. The van der Waals surface area contributed by atoms with E-state index in [9.17, 15) is 13.2 Å². The molecule has 1 aromatic rings. The molecule has 126 valence electrons. The van der Waals surface area contributed by atoms with Crippen molar-refractivity contribution in [2.75, 3.05) is 6.54 Å². The zero-order chi connectivity index (χ0) is 17.7. The first-order chi connectivity index (χ1) is 10.6. The van der Waals surface area contributed by atoms with E-state index in [-0.39, 0.29) is 0 Å². The normalized spacial score (nSPS) is 14.4. The second-order valence-corrected chi connectivity index (χ2v) is 6.27. The predicted octanol–water partition coefficient (Wildman–Crippen LogP) is 4.96. The van der Waals surface area contributed by atoms with Crippen LogP contribution in [0.2, 0.25) is 0 Å². The Balaban J connectivity index is 3.30. The van der Waals surface area contributed by atoms with Crippen molar-refractivity contribution in [1.82, 2.24) is 10.3 Å². The fourth-order valence-electron chi connectivity index (χ4n) is 1.99. The maximum absolute atomic E-state index is 12.6. The van der Waals surface area contributed by atoms with Crippen molar-refractivity contribution in [3.05, 3.63) is 52.8 Å². The van der Waals surface area contributed by atoms with Gasteiger partial charge in [0.1, 0.15) is 0 Å². The quantitative estimate of drug-likeness (QED) is 0.510. The Kier molecular flexibility index (Phi) is 6.64. The molecule has 0 radical (unpaired) electrons. The summed E-state index contributed by atoms with van der Waals surface area (Å²) in [4.78, 5) is 4.18. The van der Waals surface area contributed by atoms with E-state index in [1.807, 2.05) is 0 Å². The van der Waals surface area contributed by atoms with E-state index in [2.05, 4.69) is 37.9 Å². The monoisotopic (exact) mass is 390 g/mol. The molecular weight excluding hydrogens is 373 g/mol. The molecular formula is C15H18BrF3N4. The Hall–Kier alpha value is -1.54. The van der Waals surface area contributed by atoms with Crippen LogP contribution >= 0.6 is 15.9 Å². The third-order valence-corrected chi connectivity index (χ3v) is 3.62. The maximum Gasteiger partial charge on any atom is 0.401 e. The lowest BCUT2D eigenvalue weighted by molar-refractivity contribution is -0.126. The van der Waals surface area contributed by atoms with Gasteiger partial charge in [0.25, 0.3) is 0 Å². The van der Waals surface area contributed by atoms with Gasteiger partial charge in [0.05, 0.1) is 23.8 Å². The number of hydrogen-bond donors (Lipinski definition) is 2. The number of rotatable bonds is 7. The van der Waals surface area contributed by atoms with Gasteiger partial charge in [-0.15, -0.1) is 0 Å². The number of nitrogens with zero attached hydrogens (tertiary/aromatic N) is 2. The number of halogens is 4. The number of alkyl halides is 3. The number of allylic oxidation sites excluding steroid dienone is 2. The Morgan fingerprint density at radius 2 is 2.13 bits per heavy atom. The van der Waals surface area contributed by atoms with Gasteiger partial charge in [0, 0.05) is 10.7 Å². The van der Waals surface area contributed by atoms with Crippen LogP contribution in [0.3, 0.4) is 0 Å². The van der Waals surface area contributed by atoms with Gasteiger partial charge in [0.15, 0.2) is 0 Å². The van der Waals surface area contributed by atoms with E-state index < -0.39 is 24.3 Å². The number of nitrogens with one attached hydrogen (secondary N) is 2. The molecule has 0 amide bonds. The Bertz CT molecular complexity index is 579. The van der Waals surface area contributed by atoms with Crippen molar-refractivity contribution in [2.45, 2.75) is 31.6 Å². The smallest absolute Gasteiger partial charge is 0.297 e. The molecule has 0 saturated carbocycles. The van der Waals surface area contributed by atoms with E-state index >= 15 is 0 Å². The van der Waals surface area contributed by atoms with Crippen molar-refractivity contribution < 1.29 is 13.2 Å². The molecule has 0 spiro atoms. The van der Waals surface area contributed by atoms with E-state index in [1.165, 1.54) is 12.3 Å². The lowest BCUT2D eigenvalue weighted by Crippen LogP contribution is -2.38. The molecule has 2 N–H and O–H groups in total. The van der Waals surface area contributed by atoms with Gasteiger partial charge in [-0.2, -0.15) is 18.3 Å². The van der Waals surface area contributed by atoms with Crippen LogP contribution in [0.5, 0.6) is 0 Å². The molecule has 0 bridgehead atoms. The van der Waals surface area contributed by atoms with Crippen LogP contribution in [0, 0.1) is 5.53 Å². The van der Waals surface area contributed by atoms with Crippen LogP contribution in [0.25, 0.3) is 0 Å². The van der Waals surface area contributed by atoms with Gasteiger partial charge < -0.3 is 0 Å². The molecule has 0 saturated heterocycles. The molecule has 0 aromatic carbocycles. The molecule has 0 aliphatic carbocycles. The second kappa shape index (κ2) is 7.83. The molecule has 1 atom stereocenters. The van der Waals surface area contributed by atoms with E-state index in [4.69, 9.17) is 5.53 Å². The molecule has 23 heavy (non-hydrogen) atoms. The third kappa shape index (κ3) is 5.87. The minimum atomic E-state index is -4.37. The lowest BCUT2D eigenvalue weighted by atomic mass is 9.86. The SMILES string of the molecule is C=C/C=C(/[C@H](NCC(F)(F)F)c1ccc(Br)cn1)C(C)(C)N=N. The van der Waals surface area contributed by atoms with Crippen LogP contribution in [0.15, 0.2) is 52.2 Å². The summed E-state index contributed by atoms with van der Waals surface area (Å²) in [5.41, 5.74) is 7.22. The first-order valence-electron chi connectivity index (χ1n) is 6.74. The molecule has 1 rings (SSSR count). The van der Waals surface area contributed by atoms with Gasteiger partial charge in [-0.25, -0.2) is 5.53 Å². The van der Waals surface area contributed by atoms with Crippen LogP contribution < -0.4 is 5.32 Å². The first-order valence-corrected chi connectivity index (χ1v) is 7.53. The minimum Gasteiger partial charge on any atom is -0.297 e. The van der Waals surface area contributed by atoms with Crippen molar-refractivity contribution in [3.8, 4) is 0 Å². The molecule has 0 unspecified atom stereocenters. The standard InChI is InChI=1S/C15H18BrF3N4/c1-4-5-11(14(2,3)23-20)13(22-9-15(17,18)19)12-7-6-10(16)8-21-12/h4-8,13,20,22H,1,9H2,2-3H3/b11-5-,23-20?/t13-/m0/s1. The highest BCUT2D eigenvalue weighted by Crippen LogP contribution is 2.33. The second-order valence-electron chi connectivity index (χ2n) is 5.36. The van der Waals surface area contributed by atoms with E-state index in [0.29, 0.717) is 11.3 Å². The molecule has 0 fully saturated rings. The highest BCUT2D eigenvalue weighted by Gasteiger charge is 2.34. The van der Waals surface area contributed by atoms with Gasteiger partial charge >= 0.3 is 6.18 Å². The van der Waals surface area contributed by atoms with Gasteiger partial charge in [-0.3, -0.25) is 10.3 Å². The zero-order valence-corrected chi connectivity index (χ0v) is 14.4. The Labute approximate surface area is 141 Å². The van der Waals surface area contributed by atoms with Crippen LogP contribution in [0.1, 0.15) is 25.6 Å². The van der Waals surface area contributed by atoms with Crippen molar-refractivity contribution >= 4 is 15.9 Å². The molecule has 1 heterocycles. The van der Waals surface area contributed by atoms with Crippen LogP contribution in [0.4, 0.5) is 13.2 Å². The Morgan fingerprint density at radius 1 is 1.48 bits per heavy atom. The van der Waals surface area contributed by atoms with Crippen molar-refractivity contribution in [1.29, 1.82) is 5.53 Å².